The van der Waals surface area contributed by atoms with E-state index in [4.69, 9.17) is 4.74 Å². The topological polar surface area (TPSA) is 47.0 Å². The van der Waals surface area contributed by atoms with Crippen molar-refractivity contribution < 1.29 is 4.74 Å². The highest BCUT2D eigenvalue weighted by Gasteiger charge is 2.08. The molecular weight excluding hydrogens is 358 g/mol. The van der Waals surface area contributed by atoms with Crippen LogP contribution < -0.4 is 5.32 Å². The van der Waals surface area contributed by atoms with Gasteiger partial charge in [0.05, 0.1) is 6.61 Å². The second kappa shape index (κ2) is 8.09. The molecule has 0 unspecified atom stereocenters. The van der Waals surface area contributed by atoms with E-state index in [0.717, 1.165) is 27.7 Å². The van der Waals surface area contributed by atoms with E-state index in [1.807, 2.05) is 6.92 Å². The number of ether oxygens (including phenoxy) is 1. The lowest BCUT2D eigenvalue weighted by Crippen LogP contribution is -2.18. The molecule has 0 spiro atoms. The largest absolute Gasteiger partial charge is 0.383 e. The van der Waals surface area contributed by atoms with E-state index in [9.17, 15) is 0 Å². The number of hydrogen-bond donors (Lipinski definition) is 1. The molecule has 108 valence electrons. The summed E-state index contributed by atoms with van der Waals surface area (Å²) in [4.78, 5) is 5.60. The lowest BCUT2D eigenvalue weighted by atomic mass is 10.2. The van der Waals surface area contributed by atoms with E-state index < -0.39 is 0 Å². The fourth-order valence-corrected chi connectivity index (χ4v) is 3.87. The third kappa shape index (κ3) is 4.82. The number of aromatic nitrogens is 2. The van der Waals surface area contributed by atoms with E-state index in [1.165, 1.54) is 22.0 Å². The first-order valence-electron chi connectivity index (χ1n) is 6.15. The maximum atomic E-state index is 5.04. The number of nitrogens with zero attached hydrogens (tertiary/aromatic N) is 2. The molecule has 0 aliphatic heterocycles. The molecular formula is C13H16BrN3OS2. The van der Waals surface area contributed by atoms with Crippen molar-refractivity contribution in [2.24, 2.45) is 0 Å². The Morgan fingerprint density at radius 1 is 1.45 bits per heavy atom. The summed E-state index contributed by atoms with van der Waals surface area (Å²) in [5.41, 5.74) is 1.25. The number of hydrogen-bond acceptors (Lipinski definition) is 6. The smallest absolute Gasteiger partial charge is 0.174 e. The Morgan fingerprint density at radius 3 is 3.00 bits per heavy atom. The highest BCUT2D eigenvalue weighted by molar-refractivity contribution is 9.10. The predicted octanol–water partition coefficient (Wildman–Crippen LogP) is 3.50. The third-order valence-corrected chi connectivity index (χ3v) is 4.97. The fraction of sp³-hybridized carbons (Fsp3) is 0.385. The average molecular weight is 374 g/mol. The van der Waals surface area contributed by atoms with Gasteiger partial charge in [-0.3, -0.25) is 0 Å². The van der Waals surface area contributed by atoms with Crippen LogP contribution in [0.1, 0.15) is 11.4 Å². The van der Waals surface area contributed by atoms with Crippen LogP contribution in [0.25, 0.3) is 0 Å². The van der Waals surface area contributed by atoms with E-state index in [2.05, 4.69) is 48.8 Å². The monoisotopic (exact) mass is 373 g/mol. The lowest BCUT2D eigenvalue weighted by Gasteiger charge is -2.09. The Kier molecular flexibility index (Phi) is 6.44. The Labute approximate surface area is 135 Å². The molecule has 0 amide bonds. The maximum absolute atomic E-state index is 5.04. The van der Waals surface area contributed by atoms with Gasteiger partial charge in [-0.15, -0.1) is 0 Å². The van der Waals surface area contributed by atoms with Gasteiger partial charge in [-0.05, 0) is 36.2 Å². The minimum atomic E-state index is 0.717. The molecule has 0 atom stereocenters. The Morgan fingerprint density at radius 2 is 2.30 bits per heavy atom. The molecule has 0 saturated carbocycles. The summed E-state index contributed by atoms with van der Waals surface area (Å²) in [7, 11) is 1.71. The molecule has 2 rings (SSSR count). The summed E-state index contributed by atoms with van der Waals surface area (Å²) >= 11 is 6.62. The molecule has 0 aliphatic carbocycles. The highest BCUT2D eigenvalue weighted by atomic mass is 79.9. The van der Waals surface area contributed by atoms with Gasteiger partial charge in [0.15, 0.2) is 4.34 Å². The van der Waals surface area contributed by atoms with Gasteiger partial charge in [-0.1, -0.05) is 33.8 Å². The SMILES string of the molecule is COCCNCc1ccc(Br)cc1Sc1nc(C)ns1. The van der Waals surface area contributed by atoms with Crippen molar-refractivity contribution in [2.45, 2.75) is 22.7 Å². The Balaban J connectivity index is 2.07. The maximum Gasteiger partial charge on any atom is 0.174 e. The van der Waals surface area contributed by atoms with E-state index in [1.54, 1.807) is 18.9 Å². The quantitative estimate of drug-likeness (QED) is 0.752. The third-order valence-electron chi connectivity index (χ3n) is 2.53. The molecule has 0 aliphatic rings. The number of rotatable bonds is 7. The second-order valence-electron chi connectivity index (χ2n) is 4.13. The van der Waals surface area contributed by atoms with Crippen LogP contribution in [-0.4, -0.2) is 29.6 Å². The van der Waals surface area contributed by atoms with Crippen LogP contribution in [0.15, 0.2) is 31.9 Å². The van der Waals surface area contributed by atoms with E-state index in [0.29, 0.717) is 6.61 Å². The molecule has 4 nitrogen and oxygen atoms in total. The number of benzene rings is 1. The number of methoxy groups -OCH3 is 1. The summed E-state index contributed by atoms with van der Waals surface area (Å²) in [5.74, 6) is 0.826. The zero-order chi connectivity index (χ0) is 14.4. The van der Waals surface area contributed by atoms with Crippen molar-refractivity contribution in [1.29, 1.82) is 0 Å². The minimum Gasteiger partial charge on any atom is -0.383 e. The molecule has 7 heteroatoms. The zero-order valence-corrected chi connectivity index (χ0v) is 14.6. The van der Waals surface area contributed by atoms with Crippen LogP contribution in [0.4, 0.5) is 0 Å². The van der Waals surface area contributed by atoms with Crippen LogP contribution in [-0.2, 0) is 11.3 Å². The van der Waals surface area contributed by atoms with Crippen molar-refractivity contribution in [3.05, 3.63) is 34.1 Å². The van der Waals surface area contributed by atoms with E-state index in [-0.39, 0.29) is 0 Å². The average Bonchev–Trinajstić information content (AvgIpc) is 2.82. The fourth-order valence-electron chi connectivity index (χ4n) is 1.58. The van der Waals surface area contributed by atoms with Crippen LogP contribution in [0.5, 0.6) is 0 Å². The predicted molar refractivity (Wildman–Crippen MR) is 86.5 cm³/mol. The number of halogens is 1. The van der Waals surface area contributed by atoms with Crippen molar-refractivity contribution >= 4 is 39.2 Å². The van der Waals surface area contributed by atoms with Gasteiger partial charge in [-0.2, -0.15) is 4.37 Å². The standard InChI is InChI=1S/C13H16BrN3OS2/c1-9-16-13(20-17-9)19-12-7-11(14)4-3-10(12)8-15-5-6-18-2/h3-4,7,15H,5-6,8H2,1-2H3. The van der Waals surface area contributed by atoms with Gasteiger partial charge in [0.2, 0.25) is 0 Å². The molecule has 0 radical (unpaired) electrons. The molecule has 1 heterocycles. The molecule has 2 aromatic rings. The summed E-state index contributed by atoms with van der Waals surface area (Å²) in [6.07, 6.45) is 0. The van der Waals surface area contributed by atoms with Crippen molar-refractivity contribution in [2.75, 3.05) is 20.3 Å². The summed E-state index contributed by atoms with van der Waals surface area (Å²) < 4.78 is 11.3. The highest BCUT2D eigenvalue weighted by Crippen LogP contribution is 2.33. The first-order valence-corrected chi connectivity index (χ1v) is 8.53. The first-order chi connectivity index (χ1) is 9.69. The molecule has 0 fully saturated rings. The minimum absolute atomic E-state index is 0.717. The van der Waals surface area contributed by atoms with Gasteiger partial charge in [-0.25, -0.2) is 4.98 Å². The van der Waals surface area contributed by atoms with Crippen molar-refractivity contribution in [3.8, 4) is 0 Å². The van der Waals surface area contributed by atoms with Gasteiger partial charge < -0.3 is 10.1 Å². The summed E-state index contributed by atoms with van der Waals surface area (Å²) in [6.45, 7) is 4.29. The van der Waals surface area contributed by atoms with Gasteiger partial charge in [0.1, 0.15) is 5.82 Å². The number of aryl methyl sites for hydroxylation is 1. The molecule has 1 N–H and O–H groups in total. The zero-order valence-electron chi connectivity index (χ0n) is 11.4. The normalized spacial score (nSPS) is 10.9. The van der Waals surface area contributed by atoms with Gasteiger partial charge >= 0.3 is 0 Å². The van der Waals surface area contributed by atoms with Crippen molar-refractivity contribution in [1.82, 2.24) is 14.7 Å². The second-order valence-corrected chi connectivity index (χ2v) is 7.09. The van der Waals surface area contributed by atoms with E-state index >= 15 is 0 Å². The number of nitrogens with one attached hydrogen (secondary N) is 1. The van der Waals surface area contributed by atoms with Gasteiger partial charge in [0, 0.05) is 29.6 Å². The molecule has 0 saturated heterocycles. The molecule has 1 aromatic carbocycles. The Hall–Kier alpha value is -0.470. The molecule has 1 aromatic heterocycles. The summed E-state index contributed by atoms with van der Waals surface area (Å²) in [6, 6.07) is 6.30. The first kappa shape index (κ1) is 15.9. The van der Waals surface area contributed by atoms with Crippen LogP contribution in [0.3, 0.4) is 0 Å². The summed E-state index contributed by atoms with van der Waals surface area (Å²) in [5, 5.41) is 3.37. The lowest BCUT2D eigenvalue weighted by molar-refractivity contribution is 0.199. The van der Waals surface area contributed by atoms with Crippen LogP contribution in [0.2, 0.25) is 0 Å². The van der Waals surface area contributed by atoms with Crippen LogP contribution >= 0.6 is 39.2 Å². The van der Waals surface area contributed by atoms with Gasteiger partial charge in [0.25, 0.3) is 0 Å². The van der Waals surface area contributed by atoms with Crippen LogP contribution in [0, 0.1) is 6.92 Å². The molecule has 0 bridgehead atoms. The van der Waals surface area contributed by atoms with Crippen molar-refractivity contribution in [3.63, 3.8) is 0 Å². The molecule has 20 heavy (non-hydrogen) atoms. The Bertz CT molecular complexity index is 562.